The van der Waals surface area contributed by atoms with Crippen LogP contribution in [0, 0.1) is 6.92 Å². The van der Waals surface area contributed by atoms with E-state index in [0.717, 1.165) is 16.6 Å². The molecule has 3 nitrogen and oxygen atoms in total. The van der Waals surface area contributed by atoms with Crippen molar-refractivity contribution in [3.63, 3.8) is 0 Å². The Morgan fingerprint density at radius 3 is 2.78 bits per heavy atom. The number of hydrogen-bond donors (Lipinski definition) is 2. The maximum Gasteiger partial charge on any atom is 0.225 e. The summed E-state index contributed by atoms with van der Waals surface area (Å²) in [5.74, 6) is 0.0374. The monoisotopic (exact) mass is 312 g/mol. The van der Waals surface area contributed by atoms with Crippen molar-refractivity contribution >= 4 is 27.5 Å². The zero-order valence-electron chi connectivity index (χ0n) is 11.2. The first-order valence-electron chi connectivity index (χ1n) is 6.32. The topological polar surface area (TPSA) is 41.1 Å². The fourth-order valence-corrected chi connectivity index (χ4v) is 2.10. The highest BCUT2D eigenvalue weighted by Crippen LogP contribution is 2.23. The number of amides is 1. The summed E-state index contributed by atoms with van der Waals surface area (Å²) in [6.07, 6.45) is 1.57. The molecule has 0 radical (unpaired) electrons. The Bertz CT molecular complexity index is 407. The predicted octanol–water partition coefficient (Wildman–Crippen LogP) is 3.47. The van der Waals surface area contributed by atoms with Crippen LogP contribution in [0.3, 0.4) is 0 Å². The molecule has 0 aliphatic rings. The van der Waals surface area contributed by atoms with E-state index in [9.17, 15) is 4.79 Å². The van der Waals surface area contributed by atoms with Gasteiger partial charge in [-0.3, -0.25) is 4.79 Å². The van der Waals surface area contributed by atoms with E-state index >= 15 is 0 Å². The second-order valence-electron chi connectivity index (χ2n) is 4.54. The number of carbonyl (C=O) groups is 1. The van der Waals surface area contributed by atoms with Crippen LogP contribution in [-0.2, 0) is 4.79 Å². The minimum atomic E-state index is 0.0374. The maximum absolute atomic E-state index is 11.7. The average molecular weight is 313 g/mol. The summed E-state index contributed by atoms with van der Waals surface area (Å²) in [6.45, 7) is 6.98. The number of halogens is 1. The van der Waals surface area contributed by atoms with Crippen molar-refractivity contribution in [3.05, 3.63) is 28.2 Å². The Hall–Kier alpha value is -0.870. The molecule has 1 rings (SSSR count). The molecule has 1 aromatic rings. The molecular formula is C14H21BrN2O. The van der Waals surface area contributed by atoms with Crippen LogP contribution in [-0.4, -0.2) is 18.5 Å². The Kier molecular flexibility index (Phi) is 6.36. The highest BCUT2D eigenvalue weighted by molar-refractivity contribution is 9.10. The van der Waals surface area contributed by atoms with Crippen molar-refractivity contribution in [1.82, 2.24) is 5.32 Å². The van der Waals surface area contributed by atoms with Crippen LogP contribution in [0.15, 0.2) is 22.7 Å². The van der Waals surface area contributed by atoms with E-state index in [1.54, 1.807) is 0 Å². The second kappa shape index (κ2) is 7.54. The van der Waals surface area contributed by atoms with Crippen LogP contribution in [0.4, 0.5) is 5.69 Å². The van der Waals surface area contributed by atoms with Crippen molar-refractivity contribution in [1.29, 1.82) is 0 Å². The highest BCUT2D eigenvalue weighted by atomic mass is 79.9. The summed E-state index contributed by atoms with van der Waals surface area (Å²) in [7, 11) is 0. The third kappa shape index (κ3) is 5.19. The van der Waals surface area contributed by atoms with Gasteiger partial charge in [0.25, 0.3) is 0 Å². The molecular weight excluding hydrogens is 292 g/mol. The van der Waals surface area contributed by atoms with Gasteiger partial charge in [-0.15, -0.1) is 0 Å². The molecule has 0 bridgehead atoms. The van der Waals surface area contributed by atoms with Crippen molar-refractivity contribution in [3.8, 4) is 0 Å². The minimum absolute atomic E-state index is 0.0374. The molecule has 4 heteroatoms. The van der Waals surface area contributed by atoms with Crippen molar-refractivity contribution < 1.29 is 4.79 Å². The fraction of sp³-hybridized carbons (Fsp3) is 0.500. The molecule has 100 valence electrons. The molecule has 2 N–H and O–H groups in total. The van der Waals surface area contributed by atoms with Crippen molar-refractivity contribution in [2.75, 3.05) is 11.9 Å². The number of nitrogens with one attached hydrogen (secondary N) is 2. The zero-order valence-corrected chi connectivity index (χ0v) is 12.8. The van der Waals surface area contributed by atoms with E-state index in [2.05, 4.69) is 40.4 Å². The van der Waals surface area contributed by atoms with E-state index in [1.165, 1.54) is 5.56 Å². The molecule has 0 fully saturated rings. The van der Waals surface area contributed by atoms with E-state index in [-0.39, 0.29) is 5.91 Å². The van der Waals surface area contributed by atoms with Gasteiger partial charge < -0.3 is 10.6 Å². The summed E-state index contributed by atoms with van der Waals surface area (Å²) in [4.78, 5) is 11.7. The average Bonchev–Trinajstić information content (AvgIpc) is 2.32. The highest BCUT2D eigenvalue weighted by Gasteiger charge is 2.06. The van der Waals surface area contributed by atoms with Crippen molar-refractivity contribution in [2.45, 2.75) is 39.7 Å². The fourth-order valence-electron chi connectivity index (χ4n) is 1.51. The molecule has 0 saturated heterocycles. The van der Waals surface area contributed by atoms with Gasteiger partial charge in [-0.2, -0.15) is 0 Å². The van der Waals surface area contributed by atoms with Crippen LogP contribution in [0.5, 0.6) is 0 Å². The Balaban J connectivity index is 2.40. The number of hydrogen-bond acceptors (Lipinski definition) is 2. The van der Waals surface area contributed by atoms with E-state index in [4.69, 9.17) is 0 Å². The predicted molar refractivity (Wildman–Crippen MR) is 79.9 cm³/mol. The number of aryl methyl sites for hydroxylation is 1. The van der Waals surface area contributed by atoms with Gasteiger partial charge in [0.1, 0.15) is 0 Å². The van der Waals surface area contributed by atoms with Gasteiger partial charge in [-0.1, -0.05) is 13.0 Å². The lowest BCUT2D eigenvalue weighted by molar-refractivity contribution is -0.116. The summed E-state index contributed by atoms with van der Waals surface area (Å²) in [5.41, 5.74) is 1.99. The number of anilines is 1. The third-order valence-electron chi connectivity index (χ3n) is 2.86. The minimum Gasteiger partial charge on any atom is -0.325 e. The largest absolute Gasteiger partial charge is 0.325 e. The number of carbonyl (C=O) groups excluding carboxylic acids is 1. The molecule has 1 atom stereocenters. The molecule has 0 aliphatic carbocycles. The number of benzene rings is 1. The first-order valence-corrected chi connectivity index (χ1v) is 7.11. The van der Waals surface area contributed by atoms with Crippen LogP contribution in [0.1, 0.15) is 32.3 Å². The van der Waals surface area contributed by atoms with E-state index < -0.39 is 0 Å². The number of rotatable bonds is 6. The molecule has 1 aromatic carbocycles. The van der Waals surface area contributed by atoms with Crippen LogP contribution >= 0.6 is 15.9 Å². The first kappa shape index (κ1) is 15.2. The van der Waals surface area contributed by atoms with Gasteiger partial charge >= 0.3 is 0 Å². The molecule has 1 amide bonds. The summed E-state index contributed by atoms with van der Waals surface area (Å²) in [6, 6.07) is 6.36. The summed E-state index contributed by atoms with van der Waals surface area (Å²) in [5, 5.41) is 6.20. The molecule has 1 unspecified atom stereocenters. The molecule has 0 spiro atoms. The van der Waals surface area contributed by atoms with Gasteiger partial charge in [-0.25, -0.2) is 0 Å². The molecule has 0 aromatic heterocycles. The van der Waals surface area contributed by atoms with Crippen molar-refractivity contribution in [2.24, 2.45) is 0 Å². The Morgan fingerprint density at radius 1 is 1.44 bits per heavy atom. The smallest absolute Gasteiger partial charge is 0.225 e. The lowest BCUT2D eigenvalue weighted by atomic mass is 10.2. The van der Waals surface area contributed by atoms with E-state index in [0.29, 0.717) is 19.0 Å². The zero-order chi connectivity index (χ0) is 13.5. The van der Waals surface area contributed by atoms with E-state index in [1.807, 2.05) is 25.1 Å². The van der Waals surface area contributed by atoms with Gasteiger partial charge in [0.15, 0.2) is 0 Å². The lowest BCUT2D eigenvalue weighted by Gasteiger charge is -2.11. The lowest BCUT2D eigenvalue weighted by Crippen LogP contribution is -2.29. The molecule has 0 aliphatic heterocycles. The maximum atomic E-state index is 11.7. The Morgan fingerprint density at radius 2 is 2.17 bits per heavy atom. The summed E-state index contributed by atoms with van der Waals surface area (Å²) >= 11 is 3.45. The molecule has 0 saturated carbocycles. The van der Waals surface area contributed by atoms with Crippen LogP contribution in [0.2, 0.25) is 0 Å². The van der Waals surface area contributed by atoms with Crippen LogP contribution in [0.25, 0.3) is 0 Å². The van der Waals surface area contributed by atoms with Crippen LogP contribution < -0.4 is 10.6 Å². The Labute approximate surface area is 117 Å². The third-order valence-corrected chi connectivity index (χ3v) is 3.51. The van der Waals surface area contributed by atoms with Gasteiger partial charge in [0, 0.05) is 23.5 Å². The SMILES string of the molecule is CCC(C)NCCC(=O)Nc1ccc(C)cc1Br. The summed E-state index contributed by atoms with van der Waals surface area (Å²) < 4.78 is 0.922. The quantitative estimate of drug-likeness (QED) is 0.844. The van der Waals surface area contributed by atoms with Gasteiger partial charge in [0.2, 0.25) is 5.91 Å². The van der Waals surface area contributed by atoms with Gasteiger partial charge in [-0.05, 0) is 53.9 Å². The molecule has 18 heavy (non-hydrogen) atoms. The standard InChI is InChI=1S/C14H21BrN2O/c1-4-11(3)16-8-7-14(18)17-13-6-5-10(2)9-12(13)15/h5-6,9,11,16H,4,7-8H2,1-3H3,(H,17,18). The molecule has 0 heterocycles. The normalized spacial score (nSPS) is 12.2. The second-order valence-corrected chi connectivity index (χ2v) is 5.40. The first-order chi connectivity index (χ1) is 8.52. The van der Waals surface area contributed by atoms with Gasteiger partial charge in [0.05, 0.1) is 5.69 Å².